The van der Waals surface area contributed by atoms with Crippen molar-refractivity contribution in [3.05, 3.63) is 70.3 Å². The summed E-state index contributed by atoms with van der Waals surface area (Å²) in [5, 5.41) is 19.5. The van der Waals surface area contributed by atoms with Crippen molar-refractivity contribution in [3.63, 3.8) is 0 Å². The zero-order chi connectivity index (χ0) is 14.0. The molecule has 3 nitrogen and oxygen atoms in total. The smallest absolute Gasteiger partial charge is 0.336 e. The Balaban J connectivity index is 2.46. The van der Waals surface area contributed by atoms with Crippen molar-refractivity contribution in [2.75, 3.05) is 0 Å². The first-order valence-electron chi connectivity index (χ1n) is 6.08. The topological polar surface area (TPSA) is 57.5 Å². The maximum atomic E-state index is 11.2. The zero-order valence-electron chi connectivity index (χ0n) is 10.9. The van der Waals surface area contributed by atoms with Crippen LogP contribution in [0.5, 0.6) is 0 Å². The predicted octanol–water partition coefficient (Wildman–Crippen LogP) is 3.08. The fourth-order valence-corrected chi connectivity index (χ4v) is 2.04. The number of hydrogen-bond donors (Lipinski definition) is 2. The van der Waals surface area contributed by atoms with Gasteiger partial charge in [0.25, 0.3) is 0 Å². The summed E-state index contributed by atoms with van der Waals surface area (Å²) in [6.07, 6.45) is -0.924. The molecule has 0 spiro atoms. The second-order valence-corrected chi connectivity index (χ2v) is 4.64. The minimum atomic E-state index is -1.03. The molecule has 2 aromatic carbocycles. The second-order valence-electron chi connectivity index (χ2n) is 4.64. The van der Waals surface area contributed by atoms with Crippen molar-refractivity contribution in [2.24, 2.45) is 0 Å². The maximum Gasteiger partial charge on any atom is 0.336 e. The van der Waals surface area contributed by atoms with Crippen molar-refractivity contribution >= 4 is 5.97 Å². The highest BCUT2D eigenvalue weighted by molar-refractivity contribution is 5.89. The number of aromatic carboxylic acids is 1. The van der Waals surface area contributed by atoms with Crippen LogP contribution in [0.1, 0.15) is 38.7 Å². The summed E-state index contributed by atoms with van der Waals surface area (Å²) in [6.45, 7) is 3.96. The van der Waals surface area contributed by atoms with Crippen LogP contribution in [0, 0.1) is 13.8 Å². The van der Waals surface area contributed by atoms with Crippen LogP contribution in [0.4, 0.5) is 0 Å². The number of carboxylic acids is 1. The van der Waals surface area contributed by atoms with Gasteiger partial charge >= 0.3 is 5.97 Å². The van der Waals surface area contributed by atoms with Crippen LogP contribution in [0.3, 0.4) is 0 Å². The quantitative estimate of drug-likeness (QED) is 0.887. The molecule has 0 amide bonds. The highest BCUT2D eigenvalue weighted by Crippen LogP contribution is 2.26. The monoisotopic (exact) mass is 256 g/mol. The zero-order valence-corrected chi connectivity index (χ0v) is 10.9. The molecule has 1 atom stereocenters. The van der Waals surface area contributed by atoms with E-state index < -0.39 is 12.1 Å². The summed E-state index contributed by atoms with van der Waals surface area (Å²) in [6, 6.07) is 12.2. The SMILES string of the molecule is Cc1ccc(C(O)c2ccccc2C(=O)O)cc1C. The highest BCUT2D eigenvalue weighted by Gasteiger charge is 2.18. The van der Waals surface area contributed by atoms with E-state index in [4.69, 9.17) is 5.11 Å². The molecule has 98 valence electrons. The van der Waals surface area contributed by atoms with E-state index in [9.17, 15) is 9.90 Å². The fraction of sp³-hybridized carbons (Fsp3) is 0.188. The molecule has 2 rings (SSSR count). The van der Waals surface area contributed by atoms with Crippen LogP contribution in [0.15, 0.2) is 42.5 Å². The van der Waals surface area contributed by atoms with Gasteiger partial charge in [-0.05, 0) is 42.2 Å². The molecule has 0 aliphatic heterocycles. The third kappa shape index (κ3) is 2.66. The molecule has 2 aromatic rings. The Hall–Kier alpha value is -2.13. The molecule has 1 unspecified atom stereocenters. The molecule has 0 bridgehead atoms. The number of hydrogen-bond acceptors (Lipinski definition) is 2. The van der Waals surface area contributed by atoms with Gasteiger partial charge in [0.15, 0.2) is 0 Å². The molecular formula is C16H16O3. The Labute approximate surface area is 112 Å². The van der Waals surface area contributed by atoms with Gasteiger partial charge in [0.05, 0.1) is 5.56 Å². The van der Waals surface area contributed by atoms with Crippen molar-refractivity contribution < 1.29 is 15.0 Å². The standard InChI is InChI=1S/C16H16O3/c1-10-7-8-12(9-11(10)2)15(17)13-5-3-4-6-14(13)16(18)19/h3-9,15,17H,1-2H3,(H,18,19). The summed E-state index contributed by atoms with van der Waals surface area (Å²) in [4.78, 5) is 11.2. The lowest BCUT2D eigenvalue weighted by Gasteiger charge is -2.15. The normalized spacial score (nSPS) is 12.2. The van der Waals surface area contributed by atoms with Gasteiger partial charge in [0, 0.05) is 0 Å². The lowest BCUT2D eigenvalue weighted by atomic mass is 9.95. The summed E-state index contributed by atoms with van der Waals surface area (Å²) < 4.78 is 0. The van der Waals surface area contributed by atoms with Crippen molar-refractivity contribution in [2.45, 2.75) is 20.0 Å². The van der Waals surface area contributed by atoms with Gasteiger partial charge in [-0.15, -0.1) is 0 Å². The number of benzene rings is 2. The maximum absolute atomic E-state index is 11.2. The van der Waals surface area contributed by atoms with Gasteiger partial charge in [-0.1, -0.05) is 36.4 Å². The van der Waals surface area contributed by atoms with E-state index in [1.54, 1.807) is 18.2 Å². The van der Waals surface area contributed by atoms with Gasteiger partial charge < -0.3 is 10.2 Å². The Morgan fingerprint density at radius 2 is 1.74 bits per heavy atom. The molecule has 0 aromatic heterocycles. The average Bonchev–Trinajstić information content (AvgIpc) is 2.41. The van der Waals surface area contributed by atoms with Crippen LogP contribution in [0.25, 0.3) is 0 Å². The van der Waals surface area contributed by atoms with Crippen LogP contribution in [-0.2, 0) is 0 Å². The first-order chi connectivity index (χ1) is 9.00. The molecule has 0 radical (unpaired) electrons. The van der Waals surface area contributed by atoms with Crippen molar-refractivity contribution in [1.82, 2.24) is 0 Å². The summed E-state index contributed by atoms with van der Waals surface area (Å²) in [5.74, 6) is -1.03. The molecule has 2 N–H and O–H groups in total. The Morgan fingerprint density at radius 3 is 2.37 bits per heavy atom. The minimum Gasteiger partial charge on any atom is -0.478 e. The molecule has 0 saturated carbocycles. The molecular weight excluding hydrogens is 240 g/mol. The number of aliphatic hydroxyl groups is 1. The van der Waals surface area contributed by atoms with E-state index in [-0.39, 0.29) is 5.56 Å². The Morgan fingerprint density at radius 1 is 1.05 bits per heavy atom. The first kappa shape index (κ1) is 13.3. The molecule has 3 heteroatoms. The van der Waals surface area contributed by atoms with Crippen LogP contribution >= 0.6 is 0 Å². The number of carboxylic acid groups (broad SMARTS) is 1. The fourth-order valence-electron chi connectivity index (χ4n) is 2.04. The van der Waals surface area contributed by atoms with Gasteiger partial charge in [0.2, 0.25) is 0 Å². The lowest BCUT2D eigenvalue weighted by Crippen LogP contribution is -2.08. The third-order valence-corrected chi connectivity index (χ3v) is 3.33. The van der Waals surface area contributed by atoms with Crippen LogP contribution < -0.4 is 0 Å². The van der Waals surface area contributed by atoms with Gasteiger partial charge in [-0.25, -0.2) is 4.79 Å². The van der Waals surface area contributed by atoms with Crippen molar-refractivity contribution in [3.8, 4) is 0 Å². The number of rotatable bonds is 3. The second kappa shape index (κ2) is 5.24. The molecule has 0 aliphatic carbocycles. The summed E-state index contributed by atoms with van der Waals surface area (Å²) in [7, 11) is 0. The number of aryl methyl sites for hydroxylation is 2. The summed E-state index contributed by atoms with van der Waals surface area (Å²) in [5.41, 5.74) is 3.47. The number of aliphatic hydroxyl groups excluding tert-OH is 1. The lowest BCUT2D eigenvalue weighted by molar-refractivity contribution is 0.0691. The van der Waals surface area contributed by atoms with Crippen molar-refractivity contribution in [1.29, 1.82) is 0 Å². The minimum absolute atomic E-state index is 0.133. The van der Waals surface area contributed by atoms with E-state index in [0.29, 0.717) is 11.1 Å². The van der Waals surface area contributed by atoms with E-state index >= 15 is 0 Å². The molecule has 0 aliphatic rings. The summed E-state index contributed by atoms with van der Waals surface area (Å²) >= 11 is 0. The highest BCUT2D eigenvalue weighted by atomic mass is 16.4. The van der Waals surface area contributed by atoms with Crippen LogP contribution in [0.2, 0.25) is 0 Å². The third-order valence-electron chi connectivity index (χ3n) is 3.33. The largest absolute Gasteiger partial charge is 0.478 e. The van der Waals surface area contributed by atoms with E-state index in [2.05, 4.69) is 0 Å². The van der Waals surface area contributed by atoms with Gasteiger partial charge in [0.1, 0.15) is 6.10 Å². The Kier molecular flexibility index (Phi) is 3.67. The molecule has 0 heterocycles. The molecule has 0 saturated heterocycles. The van der Waals surface area contributed by atoms with E-state index in [0.717, 1.165) is 11.1 Å². The van der Waals surface area contributed by atoms with Gasteiger partial charge in [-0.3, -0.25) is 0 Å². The average molecular weight is 256 g/mol. The van der Waals surface area contributed by atoms with Crippen LogP contribution in [-0.4, -0.2) is 16.2 Å². The van der Waals surface area contributed by atoms with E-state index in [1.165, 1.54) is 6.07 Å². The van der Waals surface area contributed by atoms with E-state index in [1.807, 2.05) is 32.0 Å². The number of carbonyl (C=O) groups is 1. The first-order valence-corrected chi connectivity index (χ1v) is 6.08. The Bertz CT molecular complexity index is 617. The predicted molar refractivity (Wildman–Crippen MR) is 73.4 cm³/mol. The molecule has 19 heavy (non-hydrogen) atoms. The van der Waals surface area contributed by atoms with Gasteiger partial charge in [-0.2, -0.15) is 0 Å². The molecule has 0 fully saturated rings.